The van der Waals surface area contributed by atoms with Crippen molar-refractivity contribution in [3.63, 3.8) is 0 Å². The van der Waals surface area contributed by atoms with Gasteiger partial charge in [0.15, 0.2) is 0 Å². The summed E-state index contributed by atoms with van der Waals surface area (Å²) in [7, 11) is 0. The van der Waals surface area contributed by atoms with Crippen LogP contribution in [0.2, 0.25) is 0 Å². The molecular formula is C16H28N2O5. The summed E-state index contributed by atoms with van der Waals surface area (Å²) in [4.78, 5) is 33.5. The molecule has 1 rings (SSSR count). The molecule has 1 aliphatic carbocycles. The number of aldehydes is 1. The van der Waals surface area contributed by atoms with E-state index in [4.69, 9.17) is 9.84 Å². The molecule has 1 amide bonds. The van der Waals surface area contributed by atoms with Crippen molar-refractivity contribution in [3.05, 3.63) is 0 Å². The molecule has 1 unspecified atom stereocenters. The van der Waals surface area contributed by atoms with E-state index in [0.717, 1.165) is 25.7 Å². The molecule has 132 valence electrons. The van der Waals surface area contributed by atoms with E-state index in [1.54, 1.807) is 0 Å². The number of nitrogens with one attached hydrogen (secondary N) is 2. The molecule has 1 saturated carbocycles. The van der Waals surface area contributed by atoms with Crippen LogP contribution in [0.25, 0.3) is 0 Å². The number of ether oxygens (including phenoxy) is 1. The number of rotatable bonds is 7. The van der Waals surface area contributed by atoms with Gasteiger partial charge in [0.05, 0.1) is 0 Å². The van der Waals surface area contributed by atoms with Crippen LogP contribution in [0, 0.1) is 5.92 Å². The van der Waals surface area contributed by atoms with Crippen molar-refractivity contribution in [2.45, 2.75) is 70.6 Å². The van der Waals surface area contributed by atoms with E-state index >= 15 is 0 Å². The first-order valence-corrected chi connectivity index (χ1v) is 8.12. The Morgan fingerprint density at radius 3 is 2.52 bits per heavy atom. The second-order valence-electron chi connectivity index (χ2n) is 7.00. The Morgan fingerprint density at radius 1 is 1.30 bits per heavy atom. The molecule has 0 aliphatic heterocycles. The van der Waals surface area contributed by atoms with Crippen molar-refractivity contribution in [1.29, 1.82) is 0 Å². The monoisotopic (exact) mass is 328 g/mol. The lowest BCUT2D eigenvalue weighted by Crippen LogP contribution is -2.49. The van der Waals surface area contributed by atoms with E-state index in [1.165, 1.54) is 0 Å². The minimum Gasteiger partial charge on any atom is -0.480 e. The van der Waals surface area contributed by atoms with Gasteiger partial charge >= 0.3 is 12.1 Å². The van der Waals surface area contributed by atoms with E-state index in [-0.39, 0.29) is 18.4 Å². The van der Waals surface area contributed by atoms with Crippen molar-refractivity contribution in [1.82, 2.24) is 10.6 Å². The SMILES string of the molecule is CC(C)(C)OC(=O)N[C@H]1CCCC[C@H]1CNC(CC=O)C(=O)O. The largest absolute Gasteiger partial charge is 0.480 e. The summed E-state index contributed by atoms with van der Waals surface area (Å²) < 4.78 is 5.28. The summed E-state index contributed by atoms with van der Waals surface area (Å²) in [6.45, 7) is 5.88. The van der Waals surface area contributed by atoms with Gasteiger partial charge in [-0.15, -0.1) is 0 Å². The zero-order chi connectivity index (χ0) is 17.5. The average Bonchev–Trinajstić information content (AvgIpc) is 2.42. The van der Waals surface area contributed by atoms with Crippen LogP contribution in [-0.2, 0) is 14.3 Å². The summed E-state index contributed by atoms with van der Waals surface area (Å²) >= 11 is 0. The topological polar surface area (TPSA) is 105 Å². The fourth-order valence-corrected chi connectivity index (χ4v) is 2.76. The molecule has 0 bridgehead atoms. The highest BCUT2D eigenvalue weighted by molar-refractivity contribution is 5.76. The Labute approximate surface area is 137 Å². The summed E-state index contributed by atoms with van der Waals surface area (Å²) in [6, 6.07) is -0.923. The average molecular weight is 328 g/mol. The van der Waals surface area contributed by atoms with Gasteiger partial charge in [0, 0.05) is 19.0 Å². The molecule has 7 heteroatoms. The predicted octanol–water partition coefficient (Wildman–Crippen LogP) is 1.70. The Kier molecular flexibility index (Phi) is 7.48. The minimum absolute atomic E-state index is 0.0447. The molecule has 3 atom stereocenters. The molecule has 3 N–H and O–H groups in total. The summed E-state index contributed by atoms with van der Waals surface area (Å²) in [6.07, 6.45) is 3.91. The zero-order valence-electron chi connectivity index (χ0n) is 14.1. The third kappa shape index (κ3) is 7.45. The predicted molar refractivity (Wildman–Crippen MR) is 85.2 cm³/mol. The van der Waals surface area contributed by atoms with Gasteiger partial charge in [-0.05, 0) is 39.5 Å². The molecule has 0 aromatic rings. The maximum absolute atomic E-state index is 11.9. The fraction of sp³-hybridized carbons (Fsp3) is 0.812. The van der Waals surface area contributed by atoms with E-state index in [9.17, 15) is 14.4 Å². The Bertz CT molecular complexity index is 419. The van der Waals surface area contributed by atoms with Crippen LogP contribution >= 0.6 is 0 Å². The molecule has 0 radical (unpaired) electrons. The second-order valence-corrected chi connectivity index (χ2v) is 7.00. The Morgan fingerprint density at radius 2 is 1.96 bits per heavy atom. The van der Waals surface area contributed by atoms with Crippen LogP contribution in [0.15, 0.2) is 0 Å². The van der Waals surface area contributed by atoms with Crippen LogP contribution in [0.3, 0.4) is 0 Å². The molecule has 0 saturated heterocycles. The van der Waals surface area contributed by atoms with Gasteiger partial charge < -0.3 is 25.3 Å². The van der Waals surface area contributed by atoms with Crippen molar-refractivity contribution >= 4 is 18.3 Å². The molecule has 1 aliphatic rings. The highest BCUT2D eigenvalue weighted by Gasteiger charge is 2.29. The molecule has 0 heterocycles. The Hall–Kier alpha value is -1.63. The lowest BCUT2D eigenvalue weighted by Gasteiger charge is -2.33. The molecule has 1 fully saturated rings. The number of carboxylic acids is 1. The summed E-state index contributed by atoms with van der Waals surface area (Å²) in [5.41, 5.74) is -0.551. The smallest absolute Gasteiger partial charge is 0.407 e. The quantitative estimate of drug-likeness (QED) is 0.614. The number of aliphatic carboxylic acids is 1. The summed E-state index contributed by atoms with van der Waals surface area (Å²) in [5.74, 6) is -0.908. The van der Waals surface area contributed by atoms with Gasteiger partial charge in [0.2, 0.25) is 0 Å². The van der Waals surface area contributed by atoms with Crippen LogP contribution < -0.4 is 10.6 Å². The maximum Gasteiger partial charge on any atom is 0.407 e. The number of alkyl carbamates (subject to hydrolysis) is 1. The van der Waals surface area contributed by atoms with Crippen molar-refractivity contribution < 1.29 is 24.2 Å². The van der Waals surface area contributed by atoms with Gasteiger partial charge in [0.25, 0.3) is 0 Å². The van der Waals surface area contributed by atoms with E-state index in [0.29, 0.717) is 12.8 Å². The third-order valence-electron chi connectivity index (χ3n) is 3.87. The first-order valence-electron chi connectivity index (χ1n) is 8.12. The van der Waals surface area contributed by atoms with Gasteiger partial charge in [0.1, 0.15) is 17.9 Å². The number of carboxylic acid groups (broad SMARTS) is 1. The first-order chi connectivity index (χ1) is 10.7. The van der Waals surface area contributed by atoms with Crippen molar-refractivity contribution in [3.8, 4) is 0 Å². The highest BCUT2D eigenvalue weighted by Crippen LogP contribution is 2.24. The van der Waals surface area contributed by atoms with Crippen molar-refractivity contribution in [2.24, 2.45) is 5.92 Å². The molecule has 7 nitrogen and oxygen atoms in total. The second kappa shape index (κ2) is 8.86. The van der Waals surface area contributed by atoms with Gasteiger partial charge in [-0.1, -0.05) is 12.8 Å². The van der Waals surface area contributed by atoms with E-state index < -0.39 is 23.7 Å². The molecule has 23 heavy (non-hydrogen) atoms. The molecule has 0 aromatic carbocycles. The Balaban J connectivity index is 2.55. The lowest BCUT2D eigenvalue weighted by atomic mass is 9.84. The normalized spacial score (nSPS) is 22.9. The number of carbonyl (C=O) groups excluding carboxylic acids is 2. The maximum atomic E-state index is 11.9. The lowest BCUT2D eigenvalue weighted by molar-refractivity contribution is -0.140. The molecule has 0 aromatic heterocycles. The zero-order valence-corrected chi connectivity index (χ0v) is 14.1. The van der Waals surface area contributed by atoms with E-state index in [2.05, 4.69) is 10.6 Å². The van der Waals surface area contributed by atoms with Crippen molar-refractivity contribution in [2.75, 3.05) is 6.54 Å². The first kappa shape index (κ1) is 19.4. The van der Waals surface area contributed by atoms with Gasteiger partial charge in [-0.3, -0.25) is 4.79 Å². The van der Waals surface area contributed by atoms with Crippen LogP contribution in [-0.4, -0.2) is 47.7 Å². The molecular weight excluding hydrogens is 300 g/mol. The highest BCUT2D eigenvalue weighted by atomic mass is 16.6. The number of hydrogen-bond acceptors (Lipinski definition) is 5. The fourth-order valence-electron chi connectivity index (χ4n) is 2.76. The van der Waals surface area contributed by atoms with Crippen LogP contribution in [0.5, 0.6) is 0 Å². The standard InChI is InChI=1S/C16H28N2O5/c1-16(2,3)23-15(22)18-12-7-5-4-6-11(12)10-17-13(8-9-19)14(20)21/h9,11-13,17H,4-8,10H2,1-3H3,(H,18,22)(H,20,21)/t11-,12-,13?/m0/s1. The van der Waals surface area contributed by atoms with E-state index in [1.807, 2.05) is 20.8 Å². The summed E-state index contributed by atoms with van der Waals surface area (Å²) in [5, 5.41) is 14.9. The van der Waals surface area contributed by atoms with Crippen LogP contribution in [0.1, 0.15) is 52.9 Å². The van der Waals surface area contributed by atoms with Gasteiger partial charge in [-0.2, -0.15) is 0 Å². The van der Waals surface area contributed by atoms with Crippen LogP contribution in [0.4, 0.5) is 4.79 Å². The number of hydrogen-bond donors (Lipinski definition) is 3. The van der Waals surface area contributed by atoms with Gasteiger partial charge in [-0.25, -0.2) is 4.79 Å². The minimum atomic E-state index is -1.04. The third-order valence-corrected chi connectivity index (χ3v) is 3.87. The number of amides is 1. The molecule has 0 spiro atoms. The number of carbonyl (C=O) groups is 3.